The molecule has 1 aromatic heterocycles. The number of carbonyl (C=O) groups excluding carboxylic acids is 1. The Morgan fingerprint density at radius 2 is 2.08 bits per heavy atom. The number of hydrogen-bond donors (Lipinski definition) is 0. The van der Waals surface area contributed by atoms with Crippen LogP contribution in [0.3, 0.4) is 0 Å². The molecule has 0 bridgehead atoms. The van der Waals surface area contributed by atoms with Crippen molar-refractivity contribution < 1.29 is 22.5 Å². The van der Waals surface area contributed by atoms with Gasteiger partial charge in [0.15, 0.2) is 6.29 Å². The normalized spacial score (nSPS) is 11.7. The van der Waals surface area contributed by atoms with Gasteiger partial charge in [0.05, 0.1) is 0 Å². The zero-order valence-corrected chi connectivity index (χ0v) is 5.97. The first-order valence-corrected chi connectivity index (χ1v) is 2.95. The maximum absolute atomic E-state index is 11.9. The van der Waals surface area contributed by atoms with Crippen LogP contribution in [-0.2, 0) is 6.18 Å². The van der Waals surface area contributed by atoms with Gasteiger partial charge < -0.3 is 4.52 Å². The van der Waals surface area contributed by atoms with Gasteiger partial charge >= 0.3 is 6.18 Å². The molecule has 0 spiro atoms. The standard InChI is InChI=1S/C6H4F3NO2/c1-3-4(2-11)10-12-5(3)6(7,8)9/h2H,1H3. The summed E-state index contributed by atoms with van der Waals surface area (Å²) in [6.45, 7) is 1.13. The molecular formula is C6H4F3NO2. The third kappa shape index (κ3) is 1.32. The van der Waals surface area contributed by atoms with E-state index in [1.165, 1.54) is 0 Å². The van der Waals surface area contributed by atoms with Crippen LogP contribution in [0.4, 0.5) is 13.2 Å². The summed E-state index contributed by atoms with van der Waals surface area (Å²) < 4.78 is 39.8. The van der Waals surface area contributed by atoms with E-state index in [1.807, 2.05) is 0 Å². The first-order valence-electron chi connectivity index (χ1n) is 2.95. The lowest BCUT2D eigenvalue weighted by atomic mass is 10.2. The largest absolute Gasteiger partial charge is 0.452 e. The van der Waals surface area contributed by atoms with Gasteiger partial charge in [-0.1, -0.05) is 5.16 Å². The van der Waals surface area contributed by atoms with E-state index in [4.69, 9.17) is 0 Å². The summed E-state index contributed by atoms with van der Waals surface area (Å²) in [7, 11) is 0. The summed E-state index contributed by atoms with van der Waals surface area (Å²) in [5.74, 6) is -1.22. The first-order chi connectivity index (χ1) is 5.46. The Morgan fingerprint density at radius 1 is 1.50 bits per heavy atom. The molecule has 1 aromatic rings. The Morgan fingerprint density at radius 3 is 2.33 bits per heavy atom. The lowest BCUT2D eigenvalue weighted by Crippen LogP contribution is -2.05. The summed E-state index contributed by atoms with van der Waals surface area (Å²) in [6.07, 6.45) is -4.37. The summed E-state index contributed by atoms with van der Waals surface area (Å²) >= 11 is 0. The average Bonchev–Trinajstić information content (AvgIpc) is 2.29. The maximum Gasteiger partial charge on any atom is 0.452 e. The van der Waals surface area contributed by atoms with E-state index in [1.54, 1.807) is 0 Å². The molecule has 0 saturated heterocycles. The van der Waals surface area contributed by atoms with Crippen LogP contribution in [0.5, 0.6) is 0 Å². The van der Waals surface area contributed by atoms with Crippen LogP contribution in [0, 0.1) is 6.92 Å². The number of halogens is 3. The molecular weight excluding hydrogens is 175 g/mol. The Bertz CT molecular complexity index is 302. The van der Waals surface area contributed by atoms with E-state index in [0.29, 0.717) is 0 Å². The van der Waals surface area contributed by atoms with Gasteiger partial charge in [-0.2, -0.15) is 13.2 Å². The van der Waals surface area contributed by atoms with Crippen molar-refractivity contribution in [1.82, 2.24) is 5.16 Å². The van der Waals surface area contributed by atoms with Gasteiger partial charge in [-0.3, -0.25) is 4.79 Å². The molecule has 0 saturated carbocycles. The van der Waals surface area contributed by atoms with Crippen molar-refractivity contribution >= 4 is 6.29 Å². The quantitative estimate of drug-likeness (QED) is 0.617. The van der Waals surface area contributed by atoms with Crippen molar-refractivity contribution in [2.45, 2.75) is 13.1 Å². The lowest BCUT2D eigenvalue weighted by molar-refractivity contribution is -0.156. The third-order valence-electron chi connectivity index (χ3n) is 1.33. The molecule has 66 valence electrons. The van der Waals surface area contributed by atoms with Crippen molar-refractivity contribution in [2.75, 3.05) is 0 Å². The van der Waals surface area contributed by atoms with Crippen molar-refractivity contribution in [3.8, 4) is 0 Å². The second-order valence-corrected chi connectivity index (χ2v) is 2.14. The molecule has 0 unspecified atom stereocenters. The number of nitrogens with zero attached hydrogens (tertiary/aromatic N) is 1. The van der Waals surface area contributed by atoms with Gasteiger partial charge in [0.2, 0.25) is 5.76 Å². The van der Waals surface area contributed by atoms with Gasteiger partial charge in [-0.25, -0.2) is 0 Å². The molecule has 0 aliphatic heterocycles. The Hall–Kier alpha value is -1.33. The fourth-order valence-electron chi connectivity index (χ4n) is 0.722. The first kappa shape index (κ1) is 8.76. The third-order valence-corrected chi connectivity index (χ3v) is 1.33. The number of hydrogen-bond acceptors (Lipinski definition) is 3. The topological polar surface area (TPSA) is 43.1 Å². The molecule has 3 nitrogen and oxygen atoms in total. The number of carbonyl (C=O) groups is 1. The minimum absolute atomic E-state index is 0.216. The summed E-state index contributed by atoms with van der Waals surface area (Å²) in [4.78, 5) is 10.1. The number of alkyl halides is 3. The summed E-state index contributed by atoms with van der Waals surface area (Å²) in [5, 5.41) is 2.94. The van der Waals surface area contributed by atoms with Crippen LogP contribution in [0.15, 0.2) is 4.52 Å². The van der Waals surface area contributed by atoms with Crippen molar-refractivity contribution in [1.29, 1.82) is 0 Å². The van der Waals surface area contributed by atoms with Crippen LogP contribution in [0.2, 0.25) is 0 Å². The molecule has 0 aromatic carbocycles. The SMILES string of the molecule is Cc1c(C=O)noc1C(F)(F)F. The fourth-order valence-corrected chi connectivity index (χ4v) is 0.722. The van der Waals surface area contributed by atoms with Gasteiger partial charge in [0, 0.05) is 5.56 Å². The fraction of sp³-hybridized carbons (Fsp3) is 0.333. The number of aldehydes is 1. The molecule has 0 atom stereocenters. The van der Waals surface area contributed by atoms with Crippen molar-refractivity contribution in [3.63, 3.8) is 0 Å². The highest BCUT2D eigenvalue weighted by molar-refractivity contribution is 5.74. The van der Waals surface area contributed by atoms with E-state index in [0.717, 1.165) is 6.92 Å². The highest BCUT2D eigenvalue weighted by Crippen LogP contribution is 2.32. The summed E-state index contributed by atoms with van der Waals surface area (Å²) in [6, 6.07) is 0. The van der Waals surface area contributed by atoms with Gasteiger partial charge in [-0.05, 0) is 6.92 Å². The molecule has 0 aliphatic rings. The van der Waals surface area contributed by atoms with Crippen LogP contribution < -0.4 is 0 Å². The van der Waals surface area contributed by atoms with Crippen LogP contribution in [-0.4, -0.2) is 11.4 Å². The predicted octanol–water partition coefficient (Wildman–Crippen LogP) is 1.81. The Kier molecular flexibility index (Phi) is 1.91. The molecule has 0 radical (unpaired) electrons. The van der Waals surface area contributed by atoms with E-state index < -0.39 is 11.9 Å². The zero-order chi connectivity index (χ0) is 9.35. The molecule has 6 heteroatoms. The molecule has 1 heterocycles. The molecule has 0 amide bonds. The smallest absolute Gasteiger partial charge is 0.351 e. The molecule has 1 rings (SSSR count). The van der Waals surface area contributed by atoms with Gasteiger partial charge in [0.1, 0.15) is 5.69 Å². The van der Waals surface area contributed by atoms with Gasteiger partial charge in [-0.15, -0.1) is 0 Å². The number of rotatable bonds is 1. The lowest BCUT2D eigenvalue weighted by Gasteiger charge is -2.00. The predicted molar refractivity (Wildman–Crippen MR) is 31.6 cm³/mol. The highest BCUT2D eigenvalue weighted by atomic mass is 19.4. The van der Waals surface area contributed by atoms with Crippen molar-refractivity contribution in [2.24, 2.45) is 0 Å². The van der Waals surface area contributed by atoms with Crippen LogP contribution in [0.1, 0.15) is 21.8 Å². The van der Waals surface area contributed by atoms with Gasteiger partial charge in [0.25, 0.3) is 0 Å². The van der Waals surface area contributed by atoms with E-state index in [9.17, 15) is 18.0 Å². The minimum atomic E-state index is -4.58. The van der Waals surface area contributed by atoms with E-state index in [-0.39, 0.29) is 17.5 Å². The van der Waals surface area contributed by atoms with Crippen LogP contribution in [0.25, 0.3) is 0 Å². The maximum atomic E-state index is 11.9. The van der Waals surface area contributed by atoms with E-state index >= 15 is 0 Å². The van der Waals surface area contributed by atoms with Crippen LogP contribution >= 0.6 is 0 Å². The minimum Gasteiger partial charge on any atom is -0.351 e. The van der Waals surface area contributed by atoms with Crippen molar-refractivity contribution in [3.05, 3.63) is 17.0 Å². The molecule has 0 aliphatic carbocycles. The second-order valence-electron chi connectivity index (χ2n) is 2.14. The number of aromatic nitrogens is 1. The Labute approximate surface area is 65.1 Å². The highest BCUT2D eigenvalue weighted by Gasteiger charge is 2.38. The molecule has 12 heavy (non-hydrogen) atoms. The molecule has 0 N–H and O–H groups in total. The zero-order valence-electron chi connectivity index (χ0n) is 5.97. The average molecular weight is 179 g/mol. The monoisotopic (exact) mass is 179 g/mol. The van der Waals surface area contributed by atoms with E-state index in [2.05, 4.69) is 9.68 Å². The molecule has 0 fully saturated rings. The summed E-state index contributed by atoms with van der Waals surface area (Å²) in [5.41, 5.74) is -0.597. The second kappa shape index (κ2) is 2.62. The Balaban J connectivity index is 3.19.